The highest BCUT2D eigenvalue weighted by Crippen LogP contribution is 2.25. The Hall–Kier alpha value is -2.94. The van der Waals surface area contributed by atoms with Crippen molar-refractivity contribution in [3.05, 3.63) is 70.0 Å². The molecule has 0 unspecified atom stereocenters. The summed E-state index contributed by atoms with van der Waals surface area (Å²) in [5, 5.41) is 19.3. The number of nitrogens with zero attached hydrogens (tertiary/aromatic N) is 4. The Balaban J connectivity index is 1.76. The van der Waals surface area contributed by atoms with Crippen molar-refractivity contribution in [2.45, 2.75) is 10.9 Å². The molecule has 0 bridgehead atoms. The smallest absolute Gasteiger partial charge is 0.269 e. The highest BCUT2D eigenvalue weighted by atomic mass is 32.2. The molecule has 3 rings (SSSR count). The molecule has 0 aliphatic heterocycles. The minimum Gasteiger partial charge on any atom is -0.335 e. The normalized spacial score (nSPS) is 10.7. The molecule has 0 aliphatic rings. The lowest BCUT2D eigenvalue weighted by molar-refractivity contribution is -0.384. The van der Waals surface area contributed by atoms with Gasteiger partial charge < -0.3 is 5.84 Å². The first-order valence-electron chi connectivity index (χ1n) is 6.87. The van der Waals surface area contributed by atoms with Gasteiger partial charge in [0, 0.05) is 23.4 Å². The van der Waals surface area contributed by atoms with Crippen LogP contribution >= 0.6 is 11.8 Å². The Bertz CT molecular complexity index is 882. The molecular formula is C15H12FN5O2S. The van der Waals surface area contributed by atoms with Gasteiger partial charge in [0.25, 0.3) is 5.69 Å². The monoisotopic (exact) mass is 345 g/mol. The molecule has 2 aromatic carbocycles. The van der Waals surface area contributed by atoms with Crippen LogP contribution in [-0.4, -0.2) is 19.8 Å². The number of rotatable bonds is 5. The molecule has 3 aromatic rings. The molecule has 0 aliphatic carbocycles. The molecule has 2 N–H and O–H groups in total. The Morgan fingerprint density at radius 2 is 1.96 bits per heavy atom. The number of hydrogen-bond acceptors (Lipinski definition) is 6. The van der Waals surface area contributed by atoms with Gasteiger partial charge in [0.2, 0.25) is 5.16 Å². The molecule has 122 valence electrons. The zero-order chi connectivity index (χ0) is 17.1. The second kappa shape index (κ2) is 6.67. The van der Waals surface area contributed by atoms with Crippen LogP contribution in [0, 0.1) is 15.9 Å². The lowest BCUT2D eigenvalue weighted by atomic mass is 10.2. The van der Waals surface area contributed by atoms with Crippen LogP contribution in [-0.2, 0) is 5.75 Å². The maximum absolute atomic E-state index is 13.0. The van der Waals surface area contributed by atoms with Crippen LogP contribution in [0.15, 0.2) is 53.7 Å². The molecule has 9 heteroatoms. The van der Waals surface area contributed by atoms with Crippen LogP contribution in [0.5, 0.6) is 0 Å². The van der Waals surface area contributed by atoms with Gasteiger partial charge in [0.15, 0.2) is 5.82 Å². The van der Waals surface area contributed by atoms with Crippen molar-refractivity contribution in [3.8, 4) is 11.4 Å². The topological polar surface area (TPSA) is 99.9 Å². The van der Waals surface area contributed by atoms with Gasteiger partial charge in [-0.05, 0) is 29.8 Å². The van der Waals surface area contributed by atoms with E-state index in [0.717, 1.165) is 5.56 Å². The lowest BCUT2D eigenvalue weighted by Crippen LogP contribution is -2.11. The van der Waals surface area contributed by atoms with E-state index in [1.54, 1.807) is 24.3 Å². The first kappa shape index (κ1) is 15.9. The third-order valence-corrected chi connectivity index (χ3v) is 4.27. The highest BCUT2D eigenvalue weighted by molar-refractivity contribution is 7.98. The van der Waals surface area contributed by atoms with Crippen molar-refractivity contribution < 1.29 is 9.31 Å². The Morgan fingerprint density at radius 3 is 2.67 bits per heavy atom. The van der Waals surface area contributed by atoms with E-state index in [1.807, 2.05) is 0 Å². The standard InChI is InChI=1S/C15H12FN5O2S/c16-12-6-4-11(5-7-12)14-18-19-15(20(14)17)24-9-10-2-1-3-13(8-10)21(22)23/h1-8H,9,17H2. The molecular weight excluding hydrogens is 333 g/mol. The van der Waals surface area contributed by atoms with Crippen molar-refractivity contribution in [2.75, 3.05) is 5.84 Å². The fourth-order valence-electron chi connectivity index (χ4n) is 2.08. The number of thioether (sulfide) groups is 1. The van der Waals surface area contributed by atoms with Crippen LogP contribution in [0.2, 0.25) is 0 Å². The van der Waals surface area contributed by atoms with Crippen LogP contribution in [0.25, 0.3) is 11.4 Å². The predicted molar refractivity (Wildman–Crippen MR) is 88.2 cm³/mol. The molecule has 0 fully saturated rings. The molecule has 0 saturated heterocycles. The van der Waals surface area contributed by atoms with E-state index in [1.165, 1.54) is 40.7 Å². The summed E-state index contributed by atoms with van der Waals surface area (Å²) in [6.07, 6.45) is 0. The molecule has 24 heavy (non-hydrogen) atoms. The first-order chi connectivity index (χ1) is 11.5. The van der Waals surface area contributed by atoms with E-state index in [9.17, 15) is 14.5 Å². The number of non-ortho nitro benzene ring substituents is 1. The second-order valence-corrected chi connectivity index (χ2v) is 5.84. The fourth-order valence-corrected chi connectivity index (χ4v) is 2.88. The van der Waals surface area contributed by atoms with Crippen LogP contribution in [0.3, 0.4) is 0 Å². The van der Waals surface area contributed by atoms with Gasteiger partial charge in [-0.1, -0.05) is 23.9 Å². The first-order valence-corrected chi connectivity index (χ1v) is 7.86. The summed E-state index contributed by atoms with van der Waals surface area (Å²) in [4.78, 5) is 10.4. The molecule has 1 heterocycles. The zero-order valence-electron chi connectivity index (χ0n) is 12.3. The summed E-state index contributed by atoms with van der Waals surface area (Å²) in [5.41, 5.74) is 1.46. The van der Waals surface area contributed by atoms with Gasteiger partial charge in [0.1, 0.15) is 5.82 Å². The SMILES string of the molecule is Nn1c(SCc2cccc([N+](=O)[O-])c2)nnc1-c1ccc(F)cc1. The average Bonchev–Trinajstić information content (AvgIpc) is 2.95. The number of nitrogens with two attached hydrogens (primary N) is 1. The van der Waals surface area contributed by atoms with Crippen molar-refractivity contribution >= 4 is 17.4 Å². The van der Waals surface area contributed by atoms with E-state index in [4.69, 9.17) is 5.84 Å². The van der Waals surface area contributed by atoms with E-state index < -0.39 is 4.92 Å². The van der Waals surface area contributed by atoms with E-state index >= 15 is 0 Å². The Kier molecular flexibility index (Phi) is 4.43. The largest absolute Gasteiger partial charge is 0.335 e. The maximum Gasteiger partial charge on any atom is 0.269 e. The molecule has 0 atom stereocenters. The van der Waals surface area contributed by atoms with Crippen LogP contribution < -0.4 is 5.84 Å². The number of nitro groups is 1. The van der Waals surface area contributed by atoms with Crippen LogP contribution in [0.4, 0.5) is 10.1 Å². The van der Waals surface area contributed by atoms with Crippen molar-refractivity contribution in [1.29, 1.82) is 0 Å². The Labute approximate surface area is 140 Å². The number of halogens is 1. The predicted octanol–water partition coefficient (Wildman–Crippen LogP) is 3.00. The van der Waals surface area contributed by atoms with Gasteiger partial charge in [-0.15, -0.1) is 10.2 Å². The molecule has 0 amide bonds. The quantitative estimate of drug-likeness (QED) is 0.330. The number of nitro benzene ring substituents is 1. The molecule has 1 aromatic heterocycles. The number of nitrogen functional groups attached to an aromatic ring is 1. The zero-order valence-corrected chi connectivity index (χ0v) is 13.1. The summed E-state index contributed by atoms with van der Waals surface area (Å²) >= 11 is 1.31. The second-order valence-electron chi connectivity index (χ2n) is 4.90. The van der Waals surface area contributed by atoms with Crippen molar-refractivity contribution in [3.63, 3.8) is 0 Å². The summed E-state index contributed by atoms with van der Waals surface area (Å²) in [6.45, 7) is 0. The van der Waals surface area contributed by atoms with Crippen LogP contribution in [0.1, 0.15) is 5.56 Å². The third kappa shape index (κ3) is 3.35. The molecule has 7 nitrogen and oxygen atoms in total. The lowest BCUT2D eigenvalue weighted by Gasteiger charge is -2.04. The highest BCUT2D eigenvalue weighted by Gasteiger charge is 2.13. The summed E-state index contributed by atoms with van der Waals surface area (Å²) in [6, 6.07) is 12.1. The molecule has 0 radical (unpaired) electrons. The molecule has 0 saturated carbocycles. The number of aromatic nitrogens is 3. The molecule has 0 spiro atoms. The van der Waals surface area contributed by atoms with Crippen molar-refractivity contribution in [2.24, 2.45) is 0 Å². The Morgan fingerprint density at radius 1 is 1.21 bits per heavy atom. The van der Waals surface area contributed by atoms with Gasteiger partial charge in [0.05, 0.1) is 4.92 Å². The van der Waals surface area contributed by atoms with Gasteiger partial charge in [-0.25, -0.2) is 9.07 Å². The summed E-state index contributed by atoms with van der Waals surface area (Å²) in [5.74, 6) is 6.51. The van der Waals surface area contributed by atoms with Gasteiger partial charge in [-0.2, -0.15) is 0 Å². The fraction of sp³-hybridized carbons (Fsp3) is 0.0667. The third-order valence-electron chi connectivity index (χ3n) is 3.26. The average molecular weight is 345 g/mol. The van der Waals surface area contributed by atoms with Gasteiger partial charge in [-0.3, -0.25) is 10.1 Å². The van der Waals surface area contributed by atoms with E-state index in [-0.39, 0.29) is 11.5 Å². The van der Waals surface area contributed by atoms with E-state index in [2.05, 4.69) is 10.2 Å². The van der Waals surface area contributed by atoms with Crippen molar-refractivity contribution in [1.82, 2.24) is 14.9 Å². The minimum atomic E-state index is -0.438. The number of benzene rings is 2. The number of hydrogen-bond donors (Lipinski definition) is 1. The van der Waals surface area contributed by atoms with Gasteiger partial charge >= 0.3 is 0 Å². The maximum atomic E-state index is 13.0. The minimum absolute atomic E-state index is 0.0364. The van der Waals surface area contributed by atoms with E-state index in [0.29, 0.717) is 22.3 Å². The summed E-state index contributed by atoms with van der Waals surface area (Å²) in [7, 11) is 0. The summed E-state index contributed by atoms with van der Waals surface area (Å²) < 4.78 is 14.3.